The van der Waals surface area contributed by atoms with Gasteiger partial charge in [-0.3, -0.25) is 0 Å². The summed E-state index contributed by atoms with van der Waals surface area (Å²) in [6.45, 7) is 5.34. The third kappa shape index (κ3) is 5.95. The minimum absolute atomic E-state index is 0.0594. The number of hydrogen-bond donors (Lipinski definition) is 0. The van der Waals surface area contributed by atoms with E-state index in [2.05, 4.69) is 6.92 Å². The fourth-order valence-corrected chi connectivity index (χ4v) is 4.97. The lowest BCUT2D eigenvalue weighted by Crippen LogP contribution is -2.24. The van der Waals surface area contributed by atoms with Crippen LogP contribution in [0.5, 0.6) is 0 Å². The lowest BCUT2D eigenvalue weighted by atomic mass is 9.77. The molecule has 33 heavy (non-hydrogen) atoms. The molecular formula is C27H33F5O. The highest BCUT2D eigenvalue weighted by molar-refractivity contribution is 5.32. The number of benzene rings is 2. The summed E-state index contributed by atoms with van der Waals surface area (Å²) in [6.07, 6.45) is 1.53. The second-order valence-corrected chi connectivity index (χ2v) is 9.22. The molecule has 1 atom stereocenters. The predicted octanol–water partition coefficient (Wildman–Crippen LogP) is 8.96. The van der Waals surface area contributed by atoms with E-state index < -0.39 is 35.2 Å². The van der Waals surface area contributed by atoms with Crippen LogP contribution in [0.25, 0.3) is 0 Å². The zero-order chi connectivity index (χ0) is 24.2. The van der Waals surface area contributed by atoms with E-state index in [1.165, 1.54) is 25.1 Å². The molecule has 0 bridgehead atoms. The molecule has 2 aromatic carbocycles. The molecule has 0 heterocycles. The van der Waals surface area contributed by atoms with Gasteiger partial charge in [0.15, 0.2) is 11.6 Å². The first-order chi connectivity index (χ1) is 15.7. The summed E-state index contributed by atoms with van der Waals surface area (Å²) in [5.41, 5.74) is -0.327. The van der Waals surface area contributed by atoms with Crippen molar-refractivity contribution in [2.45, 2.75) is 90.3 Å². The number of hydrogen-bond acceptors (Lipinski definition) is 1. The van der Waals surface area contributed by atoms with Gasteiger partial charge >= 0.3 is 6.11 Å². The summed E-state index contributed by atoms with van der Waals surface area (Å²) in [4.78, 5) is 0. The fraction of sp³-hybridized carbons (Fsp3) is 0.556. The Bertz CT molecular complexity index is 934. The summed E-state index contributed by atoms with van der Waals surface area (Å²) >= 11 is 0. The molecule has 0 radical (unpaired) electrons. The quantitative estimate of drug-likeness (QED) is 0.334. The molecular weight excluding hydrogens is 435 g/mol. The zero-order valence-electron chi connectivity index (χ0n) is 19.6. The second-order valence-electron chi connectivity index (χ2n) is 9.22. The van der Waals surface area contributed by atoms with Gasteiger partial charge in [-0.05, 0) is 74.1 Å². The Morgan fingerprint density at radius 2 is 1.64 bits per heavy atom. The van der Waals surface area contributed by atoms with Crippen LogP contribution in [-0.2, 0) is 17.3 Å². The van der Waals surface area contributed by atoms with Crippen molar-refractivity contribution in [3.63, 3.8) is 0 Å². The Morgan fingerprint density at radius 1 is 0.939 bits per heavy atom. The van der Waals surface area contributed by atoms with Gasteiger partial charge in [0.05, 0.1) is 11.7 Å². The molecule has 2 aromatic rings. The van der Waals surface area contributed by atoms with Gasteiger partial charge in [0.2, 0.25) is 0 Å². The molecule has 182 valence electrons. The molecule has 1 aliphatic rings. The number of rotatable bonds is 9. The Hall–Kier alpha value is -1.95. The monoisotopic (exact) mass is 468 g/mol. The summed E-state index contributed by atoms with van der Waals surface area (Å²) in [5.74, 6) is -3.08. The molecule has 0 amide bonds. The van der Waals surface area contributed by atoms with Crippen molar-refractivity contribution in [2.75, 3.05) is 0 Å². The molecule has 3 rings (SSSR count). The Balaban J connectivity index is 1.76. The van der Waals surface area contributed by atoms with E-state index in [4.69, 9.17) is 4.74 Å². The van der Waals surface area contributed by atoms with E-state index >= 15 is 0 Å². The van der Waals surface area contributed by atoms with E-state index in [-0.39, 0.29) is 17.0 Å². The van der Waals surface area contributed by atoms with Crippen molar-refractivity contribution in [1.29, 1.82) is 0 Å². The maximum Gasteiger partial charge on any atom is 0.386 e. The first kappa shape index (κ1) is 25.7. The lowest BCUT2D eigenvalue weighted by Gasteiger charge is -2.29. The fourth-order valence-electron chi connectivity index (χ4n) is 4.97. The average Bonchev–Trinajstić information content (AvgIpc) is 2.76. The van der Waals surface area contributed by atoms with E-state index in [1.54, 1.807) is 6.07 Å². The zero-order valence-corrected chi connectivity index (χ0v) is 19.6. The van der Waals surface area contributed by atoms with Crippen molar-refractivity contribution < 1.29 is 26.7 Å². The van der Waals surface area contributed by atoms with Gasteiger partial charge in [-0.25, -0.2) is 13.2 Å². The Morgan fingerprint density at radius 3 is 2.24 bits per heavy atom. The van der Waals surface area contributed by atoms with E-state index in [1.807, 2.05) is 6.92 Å². The molecule has 0 spiro atoms. The van der Waals surface area contributed by atoms with Crippen molar-refractivity contribution in [2.24, 2.45) is 5.92 Å². The van der Waals surface area contributed by atoms with Crippen LogP contribution in [-0.4, -0.2) is 0 Å². The van der Waals surface area contributed by atoms with Crippen LogP contribution in [0, 0.1) is 23.4 Å². The summed E-state index contributed by atoms with van der Waals surface area (Å²) < 4.78 is 78.5. The smallest absolute Gasteiger partial charge is 0.308 e. The lowest BCUT2D eigenvalue weighted by molar-refractivity contribution is -0.274. The normalized spacial score (nSPS) is 20.1. The molecule has 0 N–H and O–H groups in total. The minimum Gasteiger partial charge on any atom is -0.308 e. The SMILES string of the molecule is CCCc1ccc(C(C)OC(F)(F)c2ccc(C3CCC(CCC)CC3)c(F)c2F)c(F)c1. The van der Waals surface area contributed by atoms with Crippen LogP contribution in [0.1, 0.15) is 100.0 Å². The molecule has 1 fully saturated rings. The van der Waals surface area contributed by atoms with Gasteiger partial charge in [0, 0.05) is 5.56 Å². The van der Waals surface area contributed by atoms with Crippen LogP contribution >= 0.6 is 0 Å². The van der Waals surface area contributed by atoms with Crippen molar-refractivity contribution in [3.05, 3.63) is 70.0 Å². The highest BCUT2D eigenvalue weighted by Crippen LogP contribution is 2.42. The van der Waals surface area contributed by atoms with Crippen molar-refractivity contribution >= 4 is 0 Å². The Labute approximate surface area is 193 Å². The summed E-state index contributed by atoms with van der Waals surface area (Å²) in [6, 6.07) is 6.50. The third-order valence-electron chi connectivity index (χ3n) is 6.78. The molecule has 6 heteroatoms. The van der Waals surface area contributed by atoms with Crippen LogP contribution in [0.2, 0.25) is 0 Å². The molecule has 1 aliphatic carbocycles. The Kier molecular flexibility index (Phi) is 8.54. The standard InChI is InChI=1S/C27H33F5O/c1-4-6-18-8-11-20(12-9-18)22-14-15-23(26(30)25(22)29)27(31,32)33-17(3)21-13-10-19(7-5-2)16-24(21)28/h10,13-18,20H,4-9,11-12H2,1-3H3. The van der Waals surface area contributed by atoms with Crippen molar-refractivity contribution in [1.82, 2.24) is 0 Å². The number of aryl methyl sites for hydroxylation is 1. The van der Waals surface area contributed by atoms with Gasteiger partial charge in [-0.1, -0.05) is 51.3 Å². The first-order valence-electron chi connectivity index (χ1n) is 12.0. The van der Waals surface area contributed by atoms with Crippen LogP contribution in [0.15, 0.2) is 30.3 Å². The predicted molar refractivity (Wildman–Crippen MR) is 120 cm³/mol. The first-order valence-corrected chi connectivity index (χ1v) is 12.0. The molecule has 1 saturated carbocycles. The molecule has 0 saturated heterocycles. The number of halogens is 5. The summed E-state index contributed by atoms with van der Waals surface area (Å²) in [7, 11) is 0. The highest BCUT2D eigenvalue weighted by atomic mass is 19.3. The van der Waals surface area contributed by atoms with Gasteiger partial charge in [-0.2, -0.15) is 8.78 Å². The number of ether oxygens (including phenoxy) is 1. The van der Waals surface area contributed by atoms with E-state index in [0.29, 0.717) is 12.3 Å². The van der Waals surface area contributed by atoms with Gasteiger partial charge in [-0.15, -0.1) is 0 Å². The van der Waals surface area contributed by atoms with Crippen LogP contribution < -0.4 is 0 Å². The molecule has 0 aromatic heterocycles. The van der Waals surface area contributed by atoms with E-state index in [0.717, 1.165) is 56.6 Å². The topological polar surface area (TPSA) is 9.23 Å². The van der Waals surface area contributed by atoms with Gasteiger partial charge in [0.25, 0.3) is 0 Å². The molecule has 0 aliphatic heterocycles. The van der Waals surface area contributed by atoms with Crippen molar-refractivity contribution in [3.8, 4) is 0 Å². The maximum atomic E-state index is 14.8. The highest BCUT2D eigenvalue weighted by Gasteiger charge is 2.40. The average molecular weight is 469 g/mol. The van der Waals surface area contributed by atoms with Crippen LogP contribution in [0.3, 0.4) is 0 Å². The largest absolute Gasteiger partial charge is 0.386 e. The molecule has 1 unspecified atom stereocenters. The minimum atomic E-state index is -4.11. The van der Waals surface area contributed by atoms with Gasteiger partial charge in [0.1, 0.15) is 5.82 Å². The maximum absolute atomic E-state index is 14.8. The van der Waals surface area contributed by atoms with Gasteiger partial charge < -0.3 is 4.74 Å². The number of alkyl halides is 2. The van der Waals surface area contributed by atoms with Crippen LogP contribution in [0.4, 0.5) is 22.0 Å². The second kappa shape index (κ2) is 11.0. The molecule has 1 nitrogen and oxygen atoms in total. The third-order valence-corrected chi connectivity index (χ3v) is 6.78. The van der Waals surface area contributed by atoms with E-state index in [9.17, 15) is 22.0 Å². The summed E-state index contributed by atoms with van der Waals surface area (Å²) in [5, 5.41) is 0.